The summed E-state index contributed by atoms with van der Waals surface area (Å²) in [6, 6.07) is 11.8. The molecule has 1 heterocycles. The summed E-state index contributed by atoms with van der Waals surface area (Å²) < 4.78 is 65.4. The van der Waals surface area contributed by atoms with Crippen molar-refractivity contribution in [1.82, 2.24) is 9.29 Å². The van der Waals surface area contributed by atoms with Crippen molar-refractivity contribution in [2.24, 2.45) is 0 Å². The third kappa shape index (κ3) is 4.22. The van der Waals surface area contributed by atoms with Crippen molar-refractivity contribution in [2.75, 3.05) is 7.05 Å². The molecule has 0 atom stereocenters. The lowest BCUT2D eigenvalue weighted by atomic mass is 10.1. The van der Waals surface area contributed by atoms with E-state index in [1.54, 1.807) is 0 Å². The number of benzene rings is 2. The summed E-state index contributed by atoms with van der Waals surface area (Å²) in [7, 11) is -2.38. The molecule has 1 aromatic heterocycles. The first-order valence-electron chi connectivity index (χ1n) is 7.60. The number of nitrogens with zero attached hydrogens (tertiary/aromatic N) is 2. The molecule has 9 heteroatoms. The van der Waals surface area contributed by atoms with Gasteiger partial charge in [0.25, 0.3) is 0 Å². The monoisotopic (exact) mass is 400 g/mol. The van der Waals surface area contributed by atoms with Crippen LogP contribution in [0, 0.1) is 0 Å². The molecule has 0 radical (unpaired) electrons. The van der Waals surface area contributed by atoms with E-state index in [1.807, 2.05) is 24.3 Å². The Morgan fingerprint density at radius 1 is 1.12 bits per heavy atom. The van der Waals surface area contributed by atoms with Crippen molar-refractivity contribution < 1.29 is 21.6 Å². The molecule has 0 spiro atoms. The van der Waals surface area contributed by atoms with Crippen molar-refractivity contribution in [3.63, 3.8) is 0 Å². The Morgan fingerprint density at radius 3 is 2.54 bits per heavy atom. The fraction of sp³-hybridized carbons (Fsp3) is 0.235. The van der Waals surface area contributed by atoms with Crippen LogP contribution in [0.25, 0.3) is 10.2 Å². The predicted octanol–water partition coefficient (Wildman–Crippen LogP) is 4.28. The van der Waals surface area contributed by atoms with Gasteiger partial charge in [0.15, 0.2) is 0 Å². The van der Waals surface area contributed by atoms with Crippen LogP contribution in [0.5, 0.6) is 0 Å². The van der Waals surface area contributed by atoms with Gasteiger partial charge in [0.2, 0.25) is 10.0 Å². The van der Waals surface area contributed by atoms with Crippen LogP contribution in [-0.4, -0.2) is 24.8 Å². The van der Waals surface area contributed by atoms with Gasteiger partial charge in [0, 0.05) is 7.05 Å². The highest BCUT2D eigenvalue weighted by atomic mass is 32.2. The van der Waals surface area contributed by atoms with Crippen molar-refractivity contribution in [2.45, 2.75) is 18.5 Å². The molecule has 0 aliphatic rings. The summed E-state index contributed by atoms with van der Waals surface area (Å²) in [5.74, 6) is -0.502. The van der Waals surface area contributed by atoms with Crippen LogP contribution in [0.3, 0.4) is 0 Å². The molecular weight excluding hydrogens is 385 g/mol. The SMILES string of the molecule is CN(Cc1nc2ccccc2s1)S(=O)(=O)Cc1cccc(C(F)(F)F)c1. The summed E-state index contributed by atoms with van der Waals surface area (Å²) in [5, 5.41) is 0.626. The number of alkyl halides is 3. The van der Waals surface area contributed by atoms with Gasteiger partial charge in [-0.1, -0.05) is 30.3 Å². The largest absolute Gasteiger partial charge is 0.416 e. The highest BCUT2D eigenvalue weighted by Gasteiger charge is 2.31. The molecule has 2 aromatic carbocycles. The summed E-state index contributed by atoms with van der Waals surface area (Å²) in [4.78, 5) is 4.38. The molecule has 0 aliphatic heterocycles. The molecule has 0 amide bonds. The second kappa shape index (κ2) is 6.98. The number of sulfonamides is 1. The first kappa shape index (κ1) is 18.8. The molecule has 0 saturated carbocycles. The van der Waals surface area contributed by atoms with Gasteiger partial charge in [0.1, 0.15) is 5.01 Å². The van der Waals surface area contributed by atoms with E-state index in [1.165, 1.54) is 30.5 Å². The second-order valence-electron chi connectivity index (χ2n) is 5.79. The van der Waals surface area contributed by atoms with Gasteiger partial charge in [0.05, 0.1) is 28.1 Å². The zero-order valence-electron chi connectivity index (χ0n) is 13.7. The van der Waals surface area contributed by atoms with Crippen LogP contribution < -0.4 is 0 Å². The number of fused-ring (bicyclic) bond motifs is 1. The van der Waals surface area contributed by atoms with Gasteiger partial charge in [-0.3, -0.25) is 0 Å². The van der Waals surface area contributed by atoms with Crippen LogP contribution in [0.4, 0.5) is 13.2 Å². The Hall–Kier alpha value is -1.97. The molecule has 0 saturated heterocycles. The number of thiazole rings is 1. The van der Waals surface area contributed by atoms with E-state index in [9.17, 15) is 21.6 Å². The van der Waals surface area contributed by atoms with Crippen molar-refractivity contribution in [3.8, 4) is 0 Å². The van der Waals surface area contributed by atoms with E-state index in [-0.39, 0.29) is 12.1 Å². The topological polar surface area (TPSA) is 50.3 Å². The van der Waals surface area contributed by atoms with Crippen LogP contribution in [0.2, 0.25) is 0 Å². The van der Waals surface area contributed by atoms with Gasteiger partial charge in [-0.2, -0.15) is 17.5 Å². The fourth-order valence-electron chi connectivity index (χ4n) is 2.43. The number of rotatable bonds is 5. The molecule has 0 fully saturated rings. The smallest absolute Gasteiger partial charge is 0.240 e. The van der Waals surface area contributed by atoms with Gasteiger partial charge < -0.3 is 0 Å². The minimum atomic E-state index is -4.51. The lowest BCUT2D eigenvalue weighted by molar-refractivity contribution is -0.137. The molecule has 3 aromatic rings. The Balaban J connectivity index is 1.77. The maximum absolute atomic E-state index is 12.8. The molecule has 0 bridgehead atoms. The summed E-state index contributed by atoms with van der Waals surface area (Å²) >= 11 is 1.39. The molecular formula is C17H15F3N2O2S2. The van der Waals surface area contributed by atoms with Crippen molar-refractivity contribution >= 4 is 31.6 Å². The van der Waals surface area contributed by atoms with Gasteiger partial charge in [-0.25, -0.2) is 13.4 Å². The Morgan fingerprint density at radius 2 is 1.85 bits per heavy atom. The first-order chi connectivity index (χ1) is 12.1. The summed E-state index contributed by atoms with van der Waals surface area (Å²) in [6.07, 6.45) is -4.51. The standard InChI is InChI=1S/C17H15F3N2O2S2/c1-22(10-16-21-14-7-2-3-8-15(14)25-16)26(23,24)11-12-5-4-6-13(9-12)17(18,19)20/h2-9H,10-11H2,1H3. The molecule has 138 valence electrons. The number of halogens is 3. The maximum atomic E-state index is 12.8. The quantitative estimate of drug-likeness (QED) is 0.642. The Kier molecular flexibility index (Phi) is 5.05. The van der Waals surface area contributed by atoms with E-state index >= 15 is 0 Å². The van der Waals surface area contributed by atoms with E-state index in [0.717, 1.165) is 26.7 Å². The molecule has 26 heavy (non-hydrogen) atoms. The average Bonchev–Trinajstić information content (AvgIpc) is 2.96. The highest BCUT2D eigenvalue weighted by molar-refractivity contribution is 7.88. The van der Waals surface area contributed by atoms with Crippen LogP contribution in [-0.2, 0) is 28.5 Å². The molecule has 4 nitrogen and oxygen atoms in total. The molecule has 3 rings (SSSR count). The third-order valence-electron chi connectivity index (χ3n) is 3.77. The minimum Gasteiger partial charge on any atom is -0.240 e. The van der Waals surface area contributed by atoms with E-state index in [2.05, 4.69) is 4.98 Å². The van der Waals surface area contributed by atoms with Crippen LogP contribution in [0.1, 0.15) is 16.1 Å². The Bertz CT molecular complexity index is 997. The zero-order valence-corrected chi connectivity index (χ0v) is 15.3. The fourth-order valence-corrected chi connectivity index (χ4v) is 4.68. The van der Waals surface area contributed by atoms with Crippen LogP contribution in [0.15, 0.2) is 48.5 Å². The number of aromatic nitrogens is 1. The summed E-state index contributed by atoms with van der Waals surface area (Å²) in [5.41, 5.74) is 0.0196. The zero-order chi connectivity index (χ0) is 18.9. The molecule has 0 aliphatic carbocycles. The molecule has 0 unspecified atom stereocenters. The normalized spacial score (nSPS) is 12.8. The third-order valence-corrected chi connectivity index (χ3v) is 6.57. The number of para-hydroxylation sites is 1. The summed E-state index contributed by atoms with van der Waals surface area (Å²) in [6.45, 7) is 0.0701. The lowest BCUT2D eigenvalue weighted by Crippen LogP contribution is -2.27. The maximum Gasteiger partial charge on any atom is 0.416 e. The highest BCUT2D eigenvalue weighted by Crippen LogP contribution is 2.30. The minimum absolute atomic E-state index is 0.0701. The number of hydrogen-bond acceptors (Lipinski definition) is 4. The number of hydrogen-bond donors (Lipinski definition) is 0. The van der Waals surface area contributed by atoms with E-state index < -0.39 is 27.5 Å². The Labute approximate surface area is 153 Å². The van der Waals surface area contributed by atoms with Crippen LogP contribution >= 0.6 is 11.3 Å². The first-order valence-corrected chi connectivity index (χ1v) is 10.0. The van der Waals surface area contributed by atoms with Gasteiger partial charge in [-0.05, 0) is 23.8 Å². The van der Waals surface area contributed by atoms with Gasteiger partial charge >= 0.3 is 6.18 Å². The van der Waals surface area contributed by atoms with E-state index in [0.29, 0.717) is 5.01 Å². The van der Waals surface area contributed by atoms with Crippen molar-refractivity contribution in [3.05, 3.63) is 64.7 Å². The lowest BCUT2D eigenvalue weighted by Gasteiger charge is -2.16. The van der Waals surface area contributed by atoms with E-state index in [4.69, 9.17) is 0 Å². The second-order valence-corrected chi connectivity index (χ2v) is 8.98. The predicted molar refractivity (Wildman–Crippen MR) is 95.2 cm³/mol. The molecule has 0 N–H and O–H groups in total. The van der Waals surface area contributed by atoms with Crippen molar-refractivity contribution in [1.29, 1.82) is 0 Å². The average molecular weight is 400 g/mol. The van der Waals surface area contributed by atoms with Gasteiger partial charge in [-0.15, -0.1) is 11.3 Å².